The van der Waals surface area contributed by atoms with E-state index in [9.17, 15) is 18.0 Å². The quantitative estimate of drug-likeness (QED) is 0.678. The van der Waals surface area contributed by atoms with Crippen LogP contribution in [0.5, 0.6) is 5.88 Å². The van der Waals surface area contributed by atoms with E-state index in [1.807, 2.05) is 15.9 Å². The van der Waals surface area contributed by atoms with Crippen LogP contribution in [0, 0.1) is 5.92 Å². The SMILES string of the molecule is COc1c2ccc(C(=O)N3CCC(N4CC(CS(C)(=O)=O)CC4=O)CC3)cc2nn1C. The average molecular weight is 449 g/mol. The number of sulfone groups is 1. The standard InChI is InChI=1S/C21H28N4O5S/c1-23-21(30-2)17-5-4-15(11-18(17)22-23)20(27)24-8-6-16(7-9-24)25-12-14(10-19(25)26)13-31(3,28)29/h4-5,11,14,16H,6-10,12-13H2,1-3H3. The molecule has 10 heteroatoms. The van der Waals surface area contributed by atoms with Crippen LogP contribution in [0.3, 0.4) is 0 Å². The van der Waals surface area contributed by atoms with Crippen LogP contribution in [-0.4, -0.2) is 84.6 Å². The van der Waals surface area contributed by atoms with Gasteiger partial charge in [-0.25, -0.2) is 13.1 Å². The summed E-state index contributed by atoms with van der Waals surface area (Å²) in [6, 6.07) is 5.49. The highest BCUT2D eigenvalue weighted by molar-refractivity contribution is 7.90. The van der Waals surface area contributed by atoms with Crippen molar-refractivity contribution in [1.29, 1.82) is 0 Å². The molecule has 31 heavy (non-hydrogen) atoms. The molecule has 1 atom stereocenters. The molecule has 2 saturated heterocycles. The highest BCUT2D eigenvalue weighted by Crippen LogP contribution is 2.28. The van der Waals surface area contributed by atoms with Gasteiger partial charge in [-0.1, -0.05) is 0 Å². The summed E-state index contributed by atoms with van der Waals surface area (Å²) >= 11 is 0. The molecule has 0 spiro atoms. The van der Waals surface area contributed by atoms with Crippen molar-refractivity contribution >= 4 is 32.6 Å². The number of hydrogen-bond donors (Lipinski definition) is 0. The van der Waals surface area contributed by atoms with Crippen LogP contribution in [-0.2, 0) is 21.7 Å². The van der Waals surface area contributed by atoms with Crippen LogP contribution in [0.15, 0.2) is 18.2 Å². The molecule has 0 N–H and O–H groups in total. The predicted molar refractivity (Wildman–Crippen MR) is 116 cm³/mol. The lowest BCUT2D eigenvalue weighted by Crippen LogP contribution is -2.47. The van der Waals surface area contributed by atoms with E-state index in [1.54, 1.807) is 31.0 Å². The molecular weight excluding hydrogens is 420 g/mol. The Morgan fingerprint density at radius 2 is 1.97 bits per heavy atom. The molecular formula is C21H28N4O5S. The van der Waals surface area contributed by atoms with E-state index in [0.29, 0.717) is 55.9 Å². The van der Waals surface area contributed by atoms with Crippen molar-refractivity contribution in [3.63, 3.8) is 0 Å². The summed E-state index contributed by atoms with van der Waals surface area (Å²) in [5, 5.41) is 5.27. The first kappa shape index (κ1) is 21.6. The van der Waals surface area contributed by atoms with Crippen molar-refractivity contribution in [2.24, 2.45) is 13.0 Å². The molecule has 2 aliphatic heterocycles. The Labute approximate surface area is 181 Å². The molecule has 4 rings (SSSR count). The fourth-order valence-corrected chi connectivity index (χ4v) is 5.90. The van der Waals surface area contributed by atoms with Gasteiger partial charge in [-0.15, -0.1) is 0 Å². The van der Waals surface area contributed by atoms with E-state index in [1.165, 1.54) is 6.26 Å². The molecule has 2 aromatic rings. The summed E-state index contributed by atoms with van der Waals surface area (Å²) in [7, 11) is 0.288. The van der Waals surface area contributed by atoms with Gasteiger partial charge in [0.25, 0.3) is 5.91 Å². The minimum atomic E-state index is -3.10. The summed E-state index contributed by atoms with van der Waals surface area (Å²) in [5.74, 6) is 0.539. The van der Waals surface area contributed by atoms with Crippen LogP contribution in [0.1, 0.15) is 29.6 Å². The van der Waals surface area contributed by atoms with Crippen LogP contribution in [0.2, 0.25) is 0 Å². The number of aryl methyl sites for hydroxylation is 1. The summed E-state index contributed by atoms with van der Waals surface area (Å²) in [6.45, 7) is 1.61. The van der Waals surface area contributed by atoms with Crippen molar-refractivity contribution in [3.8, 4) is 5.88 Å². The number of aromatic nitrogens is 2. The second kappa shape index (κ2) is 8.14. The largest absolute Gasteiger partial charge is 0.481 e. The van der Waals surface area contributed by atoms with Gasteiger partial charge in [-0.3, -0.25) is 9.59 Å². The molecule has 3 heterocycles. The van der Waals surface area contributed by atoms with Crippen LogP contribution in [0.4, 0.5) is 0 Å². The maximum absolute atomic E-state index is 13.0. The van der Waals surface area contributed by atoms with E-state index in [2.05, 4.69) is 5.10 Å². The van der Waals surface area contributed by atoms with Crippen molar-refractivity contribution in [2.75, 3.05) is 38.8 Å². The number of carbonyl (C=O) groups is 2. The average Bonchev–Trinajstić information content (AvgIpc) is 3.23. The lowest BCUT2D eigenvalue weighted by Gasteiger charge is -2.37. The fourth-order valence-electron chi connectivity index (χ4n) is 4.82. The summed E-state index contributed by atoms with van der Waals surface area (Å²) < 4.78 is 30.1. The van der Waals surface area contributed by atoms with E-state index >= 15 is 0 Å². The summed E-state index contributed by atoms with van der Waals surface area (Å²) in [6.07, 6.45) is 2.90. The van der Waals surface area contributed by atoms with Crippen molar-refractivity contribution in [3.05, 3.63) is 23.8 Å². The van der Waals surface area contributed by atoms with Crippen molar-refractivity contribution in [1.82, 2.24) is 19.6 Å². The van der Waals surface area contributed by atoms with E-state index < -0.39 is 9.84 Å². The highest BCUT2D eigenvalue weighted by Gasteiger charge is 2.37. The van der Waals surface area contributed by atoms with Gasteiger partial charge in [-0.05, 0) is 37.0 Å². The number of benzene rings is 1. The normalized spacial score (nSPS) is 20.6. The van der Waals surface area contributed by atoms with Gasteiger partial charge in [0.2, 0.25) is 11.8 Å². The Balaban J connectivity index is 1.39. The smallest absolute Gasteiger partial charge is 0.253 e. The first-order chi connectivity index (χ1) is 14.7. The number of fused-ring (bicyclic) bond motifs is 1. The number of rotatable bonds is 5. The molecule has 0 radical (unpaired) electrons. The van der Waals surface area contributed by atoms with Gasteiger partial charge in [0.1, 0.15) is 9.84 Å². The zero-order valence-corrected chi connectivity index (χ0v) is 18.9. The fraction of sp³-hybridized carbons (Fsp3) is 0.571. The second-order valence-electron chi connectivity index (χ2n) is 8.60. The number of ether oxygens (including phenoxy) is 1. The summed E-state index contributed by atoms with van der Waals surface area (Å²) in [4.78, 5) is 29.1. The number of piperidine rings is 1. The lowest BCUT2D eigenvalue weighted by molar-refractivity contribution is -0.130. The zero-order chi connectivity index (χ0) is 22.3. The Morgan fingerprint density at radius 3 is 2.61 bits per heavy atom. The molecule has 9 nitrogen and oxygen atoms in total. The van der Waals surface area contributed by atoms with Gasteiger partial charge in [0, 0.05) is 51.0 Å². The molecule has 0 aliphatic carbocycles. The first-order valence-electron chi connectivity index (χ1n) is 10.4. The second-order valence-corrected chi connectivity index (χ2v) is 10.8. The maximum Gasteiger partial charge on any atom is 0.253 e. The topological polar surface area (TPSA) is 102 Å². The molecule has 0 saturated carbocycles. The number of likely N-dealkylation sites (tertiary alicyclic amines) is 2. The van der Waals surface area contributed by atoms with Gasteiger partial charge < -0.3 is 14.5 Å². The van der Waals surface area contributed by atoms with Gasteiger partial charge in [-0.2, -0.15) is 5.10 Å². The third-order valence-electron chi connectivity index (χ3n) is 6.19. The van der Waals surface area contributed by atoms with E-state index in [0.717, 1.165) is 5.39 Å². The van der Waals surface area contributed by atoms with Gasteiger partial charge in [0.15, 0.2) is 0 Å². The van der Waals surface area contributed by atoms with Crippen LogP contribution < -0.4 is 4.74 Å². The summed E-state index contributed by atoms with van der Waals surface area (Å²) in [5.41, 5.74) is 1.29. The maximum atomic E-state index is 13.0. The van der Waals surface area contributed by atoms with Crippen LogP contribution in [0.25, 0.3) is 10.9 Å². The number of hydrogen-bond acceptors (Lipinski definition) is 6. The molecule has 2 fully saturated rings. The number of carbonyl (C=O) groups excluding carboxylic acids is 2. The molecule has 1 aromatic heterocycles. The Kier molecular flexibility index (Phi) is 5.67. The third-order valence-corrected chi connectivity index (χ3v) is 7.27. The van der Waals surface area contributed by atoms with Gasteiger partial charge in [0.05, 0.1) is 23.8 Å². The Bertz CT molecular complexity index is 1120. The zero-order valence-electron chi connectivity index (χ0n) is 18.1. The van der Waals surface area contributed by atoms with Crippen molar-refractivity contribution in [2.45, 2.75) is 25.3 Å². The minimum Gasteiger partial charge on any atom is -0.481 e. The molecule has 2 aliphatic rings. The third kappa shape index (κ3) is 4.39. The predicted octanol–water partition coefficient (Wildman–Crippen LogP) is 1.08. The molecule has 0 bridgehead atoms. The van der Waals surface area contributed by atoms with Crippen molar-refractivity contribution < 1.29 is 22.7 Å². The molecule has 168 valence electrons. The number of nitrogens with zero attached hydrogens (tertiary/aromatic N) is 4. The van der Waals surface area contributed by atoms with Crippen LogP contribution >= 0.6 is 0 Å². The van der Waals surface area contributed by atoms with E-state index in [-0.39, 0.29) is 29.5 Å². The highest BCUT2D eigenvalue weighted by atomic mass is 32.2. The molecule has 2 amide bonds. The Hall–Kier alpha value is -2.62. The monoisotopic (exact) mass is 448 g/mol. The lowest BCUT2D eigenvalue weighted by atomic mass is 10.0. The number of amides is 2. The Morgan fingerprint density at radius 1 is 1.26 bits per heavy atom. The van der Waals surface area contributed by atoms with E-state index in [4.69, 9.17) is 4.74 Å². The molecule has 1 aromatic carbocycles. The number of methoxy groups -OCH3 is 1. The molecule has 1 unspecified atom stereocenters. The minimum absolute atomic E-state index is 0.0213. The van der Waals surface area contributed by atoms with Gasteiger partial charge >= 0.3 is 0 Å². The first-order valence-corrected chi connectivity index (χ1v) is 12.5.